The van der Waals surface area contributed by atoms with Crippen LogP contribution in [0, 0.1) is 11.3 Å². The number of thioether (sulfide) groups is 1. The third-order valence-electron chi connectivity index (χ3n) is 2.08. The van der Waals surface area contributed by atoms with Crippen molar-refractivity contribution < 1.29 is 0 Å². The van der Waals surface area contributed by atoms with Gasteiger partial charge in [0.05, 0.1) is 6.07 Å². The summed E-state index contributed by atoms with van der Waals surface area (Å²) < 4.78 is 0. The first-order valence-electron chi connectivity index (χ1n) is 4.90. The van der Waals surface area contributed by atoms with Gasteiger partial charge in [0.15, 0.2) is 0 Å². The lowest BCUT2D eigenvalue weighted by Crippen LogP contribution is -1.96. The van der Waals surface area contributed by atoms with Crippen molar-refractivity contribution in [2.75, 3.05) is 5.75 Å². The van der Waals surface area contributed by atoms with Crippen LogP contribution in [0.5, 0.6) is 0 Å². The molecule has 1 nitrogen and oxygen atoms in total. The zero-order valence-corrected chi connectivity index (χ0v) is 10.5. The van der Waals surface area contributed by atoms with E-state index in [4.69, 9.17) is 16.9 Å². The molecular formula is C12H14ClNS. The third kappa shape index (κ3) is 4.15. The highest BCUT2D eigenvalue weighted by Crippen LogP contribution is 2.23. The molecular weight excluding hydrogens is 226 g/mol. The zero-order valence-electron chi connectivity index (χ0n) is 8.90. The number of rotatable bonds is 4. The molecule has 0 saturated carbocycles. The first-order chi connectivity index (χ1) is 7.13. The van der Waals surface area contributed by atoms with Crippen LogP contribution in [0.2, 0.25) is 0 Å². The van der Waals surface area contributed by atoms with Crippen molar-refractivity contribution in [3.63, 3.8) is 0 Å². The Bertz CT molecular complexity index is 340. The van der Waals surface area contributed by atoms with Gasteiger partial charge in [0, 0.05) is 10.6 Å². The van der Waals surface area contributed by atoms with Crippen molar-refractivity contribution in [1.29, 1.82) is 5.26 Å². The number of benzene rings is 1. The third-order valence-corrected chi connectivity index (χ3v) is 3.62. The Labute approximate surface area is 100 Å². The van der Waals surface area contributed by atoms with E-state index in [0.717, 1.165) is 0 Å². The van der Waals surface area contributed by atoms with Crippen LogP contribution in [0.1, 0.15) is 25.3 Å². The van der Waals surface area contributed by atoms with Crippen molar-refractivity contribution in [2.45, 2.75) is 30.0 Å². The highest BCUT2D eigenvalue weighted by molar-refractivity contribution is 7.99. The van der Waals surface area contributed by atoms with Crippen LogP contribution in [0.25, 0.3) is 0 Å². The predicted molar refractivity (Wildman–Crippen MR) is 66.5 cm³/mol. The second kappa shape index (κ2) is 6.05. The maximum Gasteiger partial charge on any atom is 0.129 e. The molecule has 0 bridgehead atoms. The maximum absolute atomic E-state index is 8.53. The molecule has 0 N–H and O–H groups in total. The Hall–Kier alpha value is -0.650. The highest BCUT2D eigenvalue weighted by Gasteiger charge is 2.03. The maximum atomic E-state index is 8.53. The van der Waals surface area contributed by atoms with E-state index in [9.17, 15) is 0 Å². The summed E-state index contributed by atoms with van der Waals surface area (Å²) in [4.78, 5) is 1.17. The standard InChI is InChI=1S/C12H14ClNS/c1-9(2)10-3-5-12(6-4-10)15-8-11(13)7-14/h3-6,9,11H,8H2,1-2H3. The number of hydrogen-bond acceptors (Lipinski definition) is 2. The van der Waals surface area contributed by atoms with Gasteiger partial charge in [-0.25, -0.2) is 0 Å². The Morgan fingerprint density at radius 3 is 2.40 bits per heavy atom. The van der Waals surface area contributed by atoms with Crippen LogP contribution in [0.15, 0.2) is 29.2 Å². The summed E-state index contributed by atoms with van der Waals surface area (Å²) in [7, 11) is 0. The van der Waals surface area contributed by atoms with Crippen LogP contribution < -0.4 is 0 Å². The zero-order chi connectivity index (χ0) is 11.3. The average molecular weight is 240 g/mol. The fourth-order valence-corrected chi connectivity index (χ4v) is 2.09. The van der Waals surface area contributed by atoms with Gasteiger partial charge in [-0.15, -0.1) is 23.4 Å². The molecule has 80 valence electrons. The molecule has 1 atom stereocenters. The molecule has 0 radical (unpaired) electrons. The monoisotopic (exact) mass is 239 g/mol. The summed E-state index contributed by atoms with van der Waals surface area (Å²) in [5, 5.41) is 8.13. The van der Waals surface area contributed by atoms with E-state index < -0.39 is 5.38 Å². The second-order valence-corrected chi connectivity index (χ2v) is 5.25. The molecule has 0 aliphatic carbocycles. The largest absolute Gasteiger partial charge is 0.197 e. The number of nitriles is 1. The lowest BCUT2D eigenvalue weighted by atomic mass is 10.0. The molecule has 0 aliphatic rings. The van der Waals surface area contributed by atoms with Crippen LogP contribution in [0.3, 0.4) is 0 Å². The topological polar surface area (TPSA) is 23.8 Å². The van der Waals surface area contributed by atoms with E-state index in [-0.39, 0.29) is 0 Å². The molecule has 0 fully saturated rings. The number of hydrogen-bond donors (Lipinski definition) is 0. The van der Waals surface area contributed by atoms with Gasteiger partial charge >= 0.3 is 0 Å². The Morgan fingerprint density at radius 1 is 1.33 bits per heavy atom. The Kier molecular flexibility index (Phi) is 5.01. The molecule has 1 aromatic rings. The molecule has 0 aliphatic heterocycles. The van der Waals surface area contributed by atoms with E-state index >= 15 is 0 Å². The van der Waals surface area contributed by atoms with Crippen LogP contribution in [-0.2, 0) is 0 Å². The number of halogens is 1. The molecule has 1 aromatic carbocycles. The average Bonchev–Trinajstić information content (AvgIpc) is 2.26. The van der Waals surface area contributed by atoms with Crippen molar-refractivity contribution in [3.05, 3.63) is 29.8 Å². The molecule has 1 unspecified atom stereocenters. The Morgan fingerprint density at radius 2 is 1.93 bits per heavy atom. The van der Waals surface area contributed by atoms with E-state index in [1.165, 1.54) is 10.5 Å². The minimum absolute atomic E-state index is 0.403. The lowest BCUT2D eigenvalue weighted by Gasteiger charge is -2.06. The molecule has 1 rings (SSSR count). The SMILES string of the molecule is CC(C)c1ccc(SCC(Cl)C#N)cc1. The molecule has 0 saturated heterocycles. The van der Waals surface area contributed by atoms with Crippen molar-refractivity contribution in [1.82, 2.24) is 0 Å². The summed E-state index contributed by atoms with van der Waals surface area (Å²) in [6.07, 6.45) is 0. The first-order valence-corrected chi connectivity index (χ1v) is 6.32. The van der Waals surface area contributed by atoms with Crippen LogP contribution >= 0.6 is 23.4 Å². The summed E-state index contributed by atoms with van der Waals surface area (Å²) in [5.41, 5.74) is 1.34. The van der Waals surface area contributed by atoms with E-state index in [1.807, 2.05) is 6.07 Å². The van der Waals surface area contributed by atoms with E-state index in [2.05, 4.69) is 38.1 Å². The molecule has 0 aromatic heterocycles. The van der Waals surface area contributed by atoms with Gasteiger partial charge in [-0.05, 0) is 23.6 Å². The highest BCUT2D eigenvalue weighted by atomic mass is 35.5. The molecule has 3 heteroatoms. The molecule has 0 heterocycles. The first kappa shape index (κ1) is 12.4. The molecule has 0 amide bonds. The van der Waals surface area contributed by atoms with Crippen molar-refractivity contribution in [2.24, 2.45) is 0 Å². The van der Waals surface area contributed by atoms with Gasteiger partial charge in [-0.3, -0.25) is 0 Å². The van der Waals surface area contributed by atoms with Gasteiger partial charge in [-0.2, -0.15) is 5.26 Å². The lowest BCUT2D eigenvalue weighted by molar-refractivity contribution is 0.865. The van der Waals surface area contributed by atoms with Crippen LogP contribution in [0.4, 0.5) is 0 Å². The summed E-state index contributed by atoms with van der Waals surface area (Å²) in [6, 6.07) is 10.4. The van der Waals surface area contributed by atoms with E-state index in [0.29, 0.717) is 11.7 Å². The molecule has 15 heavy (non-hydrogen) atoms. The van der Waals surface area contributed by atoms with Crippen molar-refractivity contribution in [3.8, 4) is 6.07 Å². The smallest absolute Gasteiger partial charge is 0.129 e. The summed E-state index contributed by atoms with van der Waals surface area (Å²) in [5.74, 6) is 1.20. The van der Waals surface area contributed by atoms with Gasteiger partial charge < -0.3 is 0 Å². The van der Waals surface area contributed by atoms with Crippen molar-refractivity contribution >= 4 is 23.4 Å². The molecule has 0 spiro atoms. The van der Waals surface area contributed by atoms with Crippen LogP contribution in [-0.4, -0.2) is 11.1 Å². The quantitative estimate of drug-likeness (QED) is 0.585. The second-order valence-electron chi connectivity index (χ2n) is 3.63. The normalized spacial score (nSPS) is 12.5. The number of alkyl halides is 1. The Balaban J connectivity index is 2.54. The van der Waals surface area contributed by atoms with Gasteiger partial charge in [0.2, 0.25) is 0 Å². The summed E-state index contributed by atoms with van der Waals surface area (Å²) >= 11 is 7.33. The minimum Gasteiger partial charge on any atom is -0.197 e. The predicted octanol–water partition coefficient (Wildman–Crippen LogP) is 4.03. The fraction of sp³-hybridized carbons (Fsp3) is 0.417. The van der Waals surface area contributed by atoms with E-state index in [1.54, 1.807) is 11.8 Å². The minimum atomic E-state index is -0.403. The summed E-state index contributed by atoms with van der Waals surface area (Å²) in [6.45, 7) is 4.35. The van der Waals surface area contributed by atoms with Gasteiger partial charge in [-0.1, -0.05) is 26.0 Å². The number of nitrogens with zero attached hydrogens (tertiary/aromatic N) is 1. The van der Waals surface area contributed by atoms with Gasteiger partial charge in [0.1, 0.15) is 5.38 Å². The van der Waals surface area contributed by atoms with Gasteiger partial charge in [0.25, 0.3) is 0 Å². The fourth-order valence-electron chi connectivity index (χ4n) is 1.16.